The second kappa shape index (κ2) is 9.12. The van der Waals surface area contributed by atoms with Gasteiger partial charge in [0.25, 0.3) is 0 Å². The molecule has 2 aromatic heterocycles. The number of hydrazone groups is 1. The number of pyridine rings is 1. The molecule has 6 nitrogen and oxygen atoms in total. The Balaban J connectivity index is 1.57. The lowest BCUT2D eigenvalue weighted by atomic mass is 9.96. The smallest absolute Gasteiger partial charge is 0.334 e. The Morgan fingerprint density at radius 2 is 1.84 bits per heavy atom. The standard InChI is InChI=1S/C24H25FN4O2/c1-16-20(15-26-28-24(31)27-19-7-3-2-4-8-19)21-9-5-6-14-29(21)22(16)23(30)17-10-12-18(25)13-11-17/h5-6,9-15,19H,2-4,7-8H2,1H3,(H2,27,28,31). The van der Waals surface area contributed by atoms with Gasteiger partial charge in [-0.05, 0) is 61.7 Å². The quantitative estimate of drug-likeness (QED) is 0.360. The third-order valence-corrected chi connectivity index (χ3v) is 5.76. The van der Waals surface area contributed by atoms with Gasteiger partial charge in [-0.2, -0.15) is 5.10 Å². The number of rotatable bonds is 5. The first-order valence-corrected chi connectivity index (χ1v) is 10.5. The fraction of sp³-hybridized carbons (Fsp3) is 0.292. The Kier molecular flexibility index (Phi) is 6.11. The van der Waals surface area contributed by atoms with Gasteiger partial charge in [-0.3, -0.25) is 4.79 Å². The maximum Gasteiger partial charge on any atom is 0.335 e. The van der Waals surface area contributed by atoms with E-state index >= 15 is 0 Å². The van der Waals surface area contributed by atoms with Gasteiger partial charge in [0.1, 0.15) is 5.82 Å². The molecular formula is C24H25FN4O2. The number of halogens is 1. The molecule has 160 valence electrons. The molecule has 1 saturated carbocycles. The lowest BCUT2D eigenvalue weighted by Gasteiger charge is -2.22. The van der Waals surface area contributed by atoms with Crippen LogP contribution in [0, 0.1) is 12.7 Å². The summed E-state index contributed by atoms with van der Waals surface area (Å²) < 4.78 is 15.1. The second-order valence-electron chi connectivity index (χ2n) is 7.86. The van der Waals surface area contributed by atoms with E-state index in [-0.39, 0.29) is 17.9 Å². The molecule has 0 radical (unpaired) electrons. The van der Waals surface area contributed by atoms with E-state index in [0.717, 1.165) is 42.3 Å². The highest BCUT2D eigenvalue weighted by atomic mass is 19.1. The number of benzene rings is 1. The lowest BCUT2D eigenvalue weighted by Crippen LogP contribution is -2.41. The zero-order valence-electron chi connectivity index (χ0n) is 17.4. The van der Waals surface area contributed by atoms with Gasteiger partial charge in [-0.25, -0.2) is 14.6 Å². The molecule has 4 rings (SSSR count). The minimum Gasteiger partial charge on any atom is -0.334 e. The van der Waals surface area contributed by atoms with Crippen LogP contribution in [0.25, 0.3) is 5.52 Å². The third-order valence-electron chi connectivity index (χ3n) is 5.76. The predicted octanol–water partition coefficient (Wildman–Crippen LogP) is 4.58. The van der Waals surface area contributed by atoms with Crippen molar-refractivity contribution in [2.75, 3.05) is 0 Å². The maximum absolute atomic E-state index is 13.3. The van der Waals surface area contributed by atoms with Crippen LogP contribution in [0.3, 0.4) is 0 Å². The number of amides is 2. The average molecular weight is 420 g/mol. The number of urea groups is 1. The Labute approximate surface area is 180 Å². The SMILES string of the molecule is Cc1c(C=NNC(=O)NC2CCCCC2)c2ccccn2c1C(=O)c1ccc(F)cc1. The third kappa shape index (κ3) is 4.50. The topological polar surface area (TPSA) is 75.0 Å². The first-order valence-electron chi connectivity index (χ1n) is 10.5. The van der Waals surface area contributed by atoms with Crippen molar-refractivity contribution in [2.45, 2.75) is 45.1 Å². The predicted molar refractivity (Wildman–Crippen MR) is 118 cm³/mol. The fourth-order valence-electron chi connectivity index (χ4n) is 4.16. The van der Waals surface area contributed by atoms with E-state index in [1.807, 2.05) is 25.1 Å². The van der Waals surface area contributed by atoms with E-state index in [9.17, 15) is 14.0 Å². The molecule has 3 aromatic rings. The largest absolute Gasteiger partial charge is 0.335 e. The molecular weight excluding hydrogens is 395 g/mol. The van der Waals surface area contributed by atoms with Crippen molar-refractivity contribution in [3.63, 3.8) is 0 Å². The number of hydrogen-bond donors (Lipinski definition) is 2. The number of aromatic nitrogens is 1. The molecule has 0 spiro atoms. The lowest BCUT2D eigenvalue weighted by molar-refractivity contribution is 0.103. The molecule has 1 aliphatic rings. The van der Waals surface area contributed by atoms with E-state index in [0.29, 0.717) is 11.3 Å². The van der Waals surface area contributed by atoms with Gasteiger partial charge >= 0.3 is 6.03 Å². The van der Waals surface area contributed by atoms with Crippen molar-refractivity contribution in [3.8, 4) is 0 Å². The maximum atomic E-state index is 13.3. The molecule has 1 fully saturated rings. The van der Waals surface area contributed by atoms with Crippen LogP contribution in [-0.2, 0) is 0 Å². The van der Waals surface area contributed by atoms with E-state index in [1.54, 1.807) is 16.8 Å². The van der Waals surface area contributed by atoms with Crippen molar-refractivity contribution < 1.29 is 14.0 Å². The summed E-state index contributed by atoms with van der Waals surface area (Å²) in [6, 6.07) is 11.0. The van der Waals surface area contributed by atoms with Gasteiger partial charge in [0.2, 0.25) is 5.78 Å². The van der Waals surface area contributed by atoms with Gasteiger partial charge in [0.05, 0.1) is 17.4 Å². The molecule has 0 unspecified atom stereocenters. The molecule has 0 atom stereocenters. The molecule has 2 N–H and O–H groups in total. The zero-order valence-corrected chi connectivity index (χ0v) is 17.4. The van der Waals surface area contributed by atoms with Crippen LogP contribution >= 0.6 is 0 Å². The summed E-state index contributed by atoms with van der Waals surface area (Å²) in [6.45, 7) is 1.84. The van der Waals surface area contributed by atoms with Crippen LogP contribution in [-0.4, -0.2) is 28.5 Å². The van der Waals surface area contributed by atoms with Crippen LogP contribution in [0.1, 0.15) is 59.3 Å². The van der Waals surface area contributed by atoms with Gasteiger partial charge in [0, 0.05) is 23.4 Å². The van der Waals surface area contributed by atoms with E-state index in [1.165, 1.54) is 30.7 Å². The molecule has 0 bridgehead atoms. The van der Waals surface area contributed by atoms with Crippen LogP contribution in [0.2, 0.25) is 0 Å². The van der Waals surface area contributed by atoms with E-state index < -0.39 is 5.82 Å². The number of carbonyl (C=O) groups excluding carboxylic acids is 2. The number of carbonyl (C=O) groups is 2. The highest BCUT2D eigenvalue weighted by molar-refractivity contribution is 6.11. The molecule has 1 aromatic carbocycles. The summed E-state index contributed by atoms with van der Waals surface area (Å²) in [5.74, 6) is -0.597. The molecule has 2 amide bonds. The zero-order chi connectivity index (χ0) is 21.8. The second-order valence-corrected chi connectivity index (χ2v) is 7.86. The van der Waals surface area contributed by atoms with Crippen molar-refractivity contribution >= 4 is 23.5 Å². The summed E-state index contributed by atoms with van der Waals surface area (Å²) in [6.07, 6.45) is 8.85. The van der Waals surface area contributed by atoms with E-state index in [4.69, 9.17) is 0 Å². The molecule has 7 heteroatoms. The summed E-state index contributed by atoms with van der Waals surface area (Å²) >= 11 is 0. The van der Waals surface area contributed by atoms with Crippen LogP contribution < -0.4 is 10.7 Å². The van der Waals surface area contributed by atoms with Crippen molar-refractivity contribution in [1.82, 2.24) is 15.1 Å². The van der Waals surface area contributed by atoms with Gasteiger partial charge in [-0.15, -0.1) is 0 Å². The Morgan fingerprint density at radius 3 is 2.58 bits per heavy atom. The van der Waals surface area contributed by atoms with Gasteiger partial charge < -0.3 is 9.72 Å². The molecule has 2 heterocycles. The minimum absolute atomic E-state index is 0.195. The van der Waals surface area contributed by atoms with Crippen LogP contribution in [0.4, 0.5) is 9.18 Å². The molecule has 31 heavy (non-hydrogen) atoms. The first kappa shape index (κ1) is 20.8. The fourth-order valence-corrected chi connectivity index (χ4v) is 4.16. The van der Waals surface area contributed by atoms with Crippen molar-refractivity contribution in [2.24, 2.45) is 5.10 Å². The average Bonchev–Trinajstić information content (AvgIpc) is 3.06. The van der Waals surface area contributed by atoms with Crippen molar-refractivity contribution in [1.29, 1.82) is 0 Å². The minimum atomic E-state index is -0.390. The Hall–Kier alpha value is -3.48. The normalized spacial score (nSPS) is 14.8. The summed E-state index contributed by atoms with van der Waals surface area (Å²) in [5.41, 5.74) is 5.69. The Bertz CT molecular complexity index is 1130. The summed E-state index contributed by atoms with van der Waals surface area (Å²) in [7, 11) is 0. The van der Waals surface area contributed by atoms with Crippen molar-refractivity contribution in [3.05, 3.63) is 76.9 Å². The number of hydrogen-bond acceptors (Lipinski definition) is 3. The van der Waals surface area contributed by atoms with Gasteiger partial charge in [0.15, 0.2) is 0 Å². The highest BCUT2D eigenvalue weighted by Crippen LogP contribution is 2.24. The van der Waals surface area contributed by atoms with Crippen LogP contribution in [0.15, 0.2) is 53.8 Å². The van der Waals surface area contributed by atoms with Crippen LogP contribution in [0.5, 0.6) is 0 Å². The first-order chi connectivity index (χ1) is 15.0. The summed E-state index contributed by atoms with van der Waals surface area (Å²) in [4.78, 5) is 25.3. The van der Waals surface area contributed by atoms with E-state index in [2.05, 4.69) is 15.8 Å². The number of nitrogens with zero attached hydrogens (tertiary/aromatic N) is 2. The number of nitrogens with one attached hydrogen (secondary N) is 2. The molecule has 0 aliphatic heterocycles. The number of ketones is 1. The molecule has 0 saturated heterocycles. The Morgan fingerprint density at radius 1 is 1.10 bits per heavy atom. The highest BCUT2D eigenvalue weighted by Gasteiger charge is 2.21. The molecule has 1 aliphatic carbocycles. The van der Waals surface area contributed by atoms with Gasteiger partial charge in [-0.1, -0.05) is 25.3 Å². The number of fused-ring (bicyclic) bond motifs is 1. The summed E-state index contributed by atoms with van der Waals surface area (Å²) in [5, 5.41) is 7.07. The monoisotopic (exact) mass is 420 g/mol.